The van der Waals surface area contributed by atoms with Crippen molar-refractivity contribution in [2.75, 3.05) is 7.11 Å². The maximum Gasteiger partial charge on any atom is 0.328 e. The van der Waals surface area contributed by atoms with Gasteiger partial charge in [-0.1, -0.05) is 13.8 Å². The Labute approximate surface area is 154 Å². The van der Waals surface area contributed by atoms with Crippen molar-refractivity contribution in [3.8, 4) is 0 Å². The number of carbonyl (C=O) groups is 2. The molecule has 0 unspecified atom stereocenters. The summed E-state index contributed by atoms with van der Waals surface area (Å²) < 4.78 is 5.72. The van der Waals surface area contributed by atoms with Crippen LogP contribution in [0.3, 0.4) is 0 Å². The summed E-state index contributed by atoms with van der Waals surface area (Å²) in [6.07, 6.45) is 1.57. The molecule has 0 saturated carbocycles. The Balaban J connectivity index is 2.25. The number of nitro benzene ring substituents is 1. The molecule has 27 heavy (non-hydrogen) atoms. The number of benzene rings is 1. The van der Waals surface area contributed by atoms with Crippen molar-refractivity contribution in [3.05, 3.63) is 45.0 Å². The van der Waals surface area contributed by atoms with Crippen LogP contribution in [0.2, 0.25) is 0 Å². The van der Waals surface area contributed by atoms with Gasteiger partial charge in [-0.3, -0.25) is 24.3 Å². The summed E-state index contributed by atoms with van der Waals surface area (Å²) in [6, 6.07) is 2.91. The Morgan fingerprint density at radius 2 is 2.07 bits per heavy atom. The second-order valence-corrected chi connectivity index (χ2v) is 6.41. The van der Waals surface area contributed by atoms with E-state index < -0.39 is 28.4 Å². The molecule has 10 heteroatoms. The van der Waals surface area contributed by atoms with E-state index in [0.717, 1.165) is 10.6 Å². The van der Waals surface area contributed by atoms with E-state index >= 15 is 0 Å². The maximum atomic E-state index is 12.5. The largest absolute Gasteiger partial charge is 0.467 e. The molecule has 0 bridgehead atoms. The molecule has 2 rings (SSSR count). The highest BCUT2D eigenvalue weighted by molar-refractivity contribution is 5.85. The second-order valence-electron chi connectivity index (χ2n) is 6.41. The van der Waals surface area contributed by atoms with Crippen LogP contribution in [0.25, 0.3) is 10.9 Å². The molecule has 1 aromatic carbocycles. The number of amides is 1. The van der Waals surface area contributed by atoms with Crippen molar-refractivity contribution in [3.63, 3.8) is 0 Å². The van der Waals surface area contributed by atoms with Gasteiger partial charge in [0.15, 0.2) is 0 Å². The van der Waals surface area contributed by atoms with Crippen molar-refractivity contribution in [1.29, 1.82) is 0 Å². The number of hydrogen-bond acceptors (Lipinski definition) is 7. The van der Waals surface area contributed by atoms with Gasteiger partial charge in [-0.25, -0.2) is 9.78 Å². The first kappa shape index (κ1) is 20.0. The van der Waals surface area contributed by atoms with Crippen molar-refractivity contribution in [1.82, 2.24) is 14.9 Å². The normalized spacial score (nSPS) is 12.0. The van der Waals surface area contributed by atoms with Crippen LogP contribution >= 0.6 is 0 Å². The fourth-order valence-electron chi connectivity index (χ4n) is 2.60. The predicted octanol–water partition coefficient (Wildman–Crippen LogP) is 1.01. The number of nitrogens with zero attached hydrogens (tertiary/aromatic N) is 3. The molecule has 0 spiro atoms. The number of methoxy groups -OCH3 is 1. The summed E-state index contributed by atoms with van der Waals surface area (Å²) in [6.45, 7) is 3.41. The van der Waals surface area contributed by atoms with E-state index in [2.05, 4.69) is 15.0 Å². The molecule has 1 atom stereocenters. The number of fused-ring (bicyclic) bond motifs is 1. The maximum absolute atomic E-state index is 12.5. The number of nitro groups is 1. The number of nitrogens with one attached hydrogen (secondary N) is 1. The van der Waals surface area contributed by atoms with Crippen LogP contribution < -0.4 is 10.9 Å². The lowest BCUT2D eigenvalue weighted by molar-refractivity contribution is -0.384. The van der Waals surface area contributed by atoms with Gasteiger partial charge in [0.25, 0.3) is 11.2 Å². The van der Waals surface area contributed by atoms with Gasteiger partial charge in [0, 0.05) is 12.1 Å². The molecule has 1 N–H and O–H groups in total. The van der Waals surface area contributed by atoms with Crippen LogP contribution in [0.4, 0.5) is 5.69 Å². The lowest BCUT2D eigenvalue weighted by Gasteiger charge is -2.18. The van der Waals surface area contributed by atoms with Crippen LogP contribution in [0, 0.1) is 16.0 Å². The number of ether oxygens (including phenoxy) is 1. The monoisotopic (exact) mass is 376 g/mol. The third kappa shape index (κ3) is 4.87. The van der Waals surface area contributed by atoms with E-state index in [9.17, 15) is 24.5 Å². The molecule has 0 aliphatic carbocycles. The Hall–Kier alpha value is -3.30. The number of aromatic nitrogens is 2. The topological polar surface area (TPSA) is 133 Å². The molecule has 2 aromatic rings. The standard InChI is InChI=1S/C17H20N4O6/c1-10(2)6-14(17(24)27-3)19-15(22)8-20-9-18-13-5-4-11(21(25)26)7-12(13)16(20)23/h4-5,7,9-10,14H,6,8H2,1-3H3,(H,19,22)/t14-/m0/s1. The van der Waals surface area contributed by atoms with Gasteiger partial charge in [0.2, 0.25) is 5.91 Å². The van der Waals surface area contributed by atoms with Gasteiger partial charge in [0.05, 0.1) is 29.3 Å². The summed E-state index contributed by atoms with van der Waals surface area (Å²) in [5, 5.41) is 13.5. The number of rotatable bonds is 7. The Morgan fingerprint density at radius 3 is 2.67 bits per heavy atom. The van der Waals surface area contributed by atoms with Crippen LogP contribution in [0.1, 0.15) is 20.3 Å². The lowest BCUT2D eigenvalue weighted by Crippen LogP contribution is -2.44. The highest BCUT2D eigenvalue weighted by Crippen LogP contribution is 2.16. The van der Waals surface area contributed by atoms with Crippen molar-refractivity contribution in [2.45, 2.75) is 32.9 Å². The minimum Gasteiger partial charge on any atom is -0.467 e. The molecule has 0 fully saturated rings. The zero-order valence-electron chi connectivity index (χ0n) is 15.2. The van der Waals surface area contributed by atoms with E-state index in [1.165, 1.54) is 25.6 Å². The minimum atomic E-state index is -0.826. The third-order valence-electron chi connectivity index (χ3n) is 3.86. The van der Waals surface area contributed by atoms with Crippen LogP contribution in [-0.2, 0) is 20.9 Å². The van der Waals surface area contributed by atoms with Gasteiger partial charge in [0.1, 0.15) is 12.6 Å². The Bertz CT molecular complexity index is 937. The summed E-state index contributed by atoms with van der Waals surface area (Å²) in [4.78, 5) is 50.9. The van der Waals surface area contributed by atoms with Crippen LogP contribution in [0.5, 0.6) is 0 Å². The molecule has 0 aliphatic heterocycles. The van der Waals surface area contributed by atoms with E-state index in [4.69, 9.17) is 0 Å². The molecular formula is C17H20N4O6. The van der Waals surface area contributed by atoms with Crippen LogP contribution in [-0.4, -0.2) is 39.5 Å². The molecule has 0 radical (unpaired) electrons. The quantitative estimate of drug-likeness (QED) is 0.433. The number of esters is 1. The van der Waals surface area contributed by atoms with Crippen molar-refractivity contribution >= 4 is 28.5 Å². The fourth-order valence-corrected chi connectivity index (χ4v) is 2.60. The average Bonchev–Trinajstić information content (AvgIpc) is 2.62. The summed E-state index contributed by atoms with van der Waals surface area (Å²) in [5.41, 5.74) is -0.543. The predicted molar refractivity (Wildman–Crippen MR) is 96.1 cm³/mol. The molecular weight excluding hydrogens is 356 g/mol. The van der Waals surface area contributed by atoms with E-state index in [1.807, 2.05) is 13.8 Å². The van der Waals surface area contributed by atoms with Gasteiger partial charge >= 0.3 is 5.97 Å². The molecule has 144 valence electrons. The third-order valence-corrected chi connectivity index (χ3v) is 3.86. The van der Waals surface area contributed by atoms with E-state index in [0.29, 0.717) is 6.42 Å². The van der Waals surface area contributed by atoms with Gasteiger partial charge < -0.3 is 10.1 Å². The molecule has 10 nitrogen and oxygen atoms in total. The highest BCUT2D eigenvalue weighted by Gasteiger charge is 2.23. The fraction of sp³-hybridized carbons (Fsp3) is 0.412. The number of hydrogen-bond donors (Lipinski definition) is 1. The van der Waals surface area contributed by atoms with E-state index in [-0.39, 0.29) is 29.1 Å². The highest BCUT2D eigenvalue weighted by atomic mass is 16.6. The summed E-state index contributed by atoms with van der Waals surface area (Å²) >= 11 is 0. The Kier molecular flexibility index (Phi) is 6.22. The SMILES string of the molecule is COC(=O)[C@H](CC(C)C)NC(=O)Cn1cnc2ccc([N+](=O)[O-])cc2c1=O. The Morgan fingerprint density at radius 1 is 1.37 bits per heavy atom. The van der Waals surface area contributed by atoms with Gasteiger partial charge in [-0.2, -0.15) is 0 Å². The summed E-state index contributed by atoms with van der Waals surface area (Å²) in [7, 11) is 1.23. The zero-order chi connectivity index (χ0) is 20.1. The molecule has 1 heterocycles. The first-order valence-electron chi connectivity index (χ1n) is 8.23. The molecule has 0 saturated heterocycles. The molecule has 1 aromatic heterocycles. The first-order chi connectivity index (χ1) is 12.7. The summed E-state index contributed by atoms with van der Waals surface area (Å²) in [5.74, 6) is -1.00. The van der Waals surface area contributed by atoms with E-state index in [1.54, 1.807) is 0 Å². The second kappa shape index (κ2) is 8.39. The van der Waals surface area contributed by atoms with Crippen molar-refractivity contribution < 1.29 is 19.2 Å². The first-order valence-corrected chi connectivity index (χ1v) is 8.23. The van der Waals surface area contributed by atoms with Gasteiger partial charge in [-0.05, 0) is 18.4 Å². The molecule has 0 aliphatic rings. The molecule has 1 amide bonds. The van der Waals surface area contributed by atoms with Crippen LogP contribution in [0.15, 0.2) is 29.3 Å². The smallest absolute Gasteiger partial charge is 0.328 e. The average molecular weight is 376 g/mol. The van der Waals surface area contributed by atoms with Gasteiger partial charge in [-0.15, -0.1) is 0 Å². The lowest BCUT2D eigenvalue weighted by atomic mass is 10.0. The zero-order valence-corrected chi connectivity index (χ0v) is 15.2. The number of non-ortho nitro benzene ring substituents is 1. The minimum absolute atomic E-state index is 0.0335. The number of carbonyl (C=O) groups excluding carboxylic acids is 2. The van der Waals surface area contributed by atoms with Crippen molar-refractivity contribution in [2.24, 2.45) is 5.92 Å².